The molecule has 1 aromatic heterocycles. The average molecular weight is 464 g/mol. The first-order valence-corrected chi connectivity index (χ1v) is 11.5. The standard InChI is InChI=1S/C26H29N3O5/c1-33-26(32)28-27-19(13-16-29-14-7-8-15-29)17-21(18-9-3-2-4-10-18)23-24(30)20-11-5-6-12-22(20)34-25(23)31/h2-6,9-12,21,30H,7-8,13-17H2,1H3,(H,28,32)/b27-19+/t21-/m1/s1. The van der Waals surface area contributed by atoms with Crippen LogP contribution in [0.1, 0.15) is 42.7 Å². The Balaban J connectivity index is 1.73. The summed E-state index contributed by atoms with van der Waals surface area (Å²) in [6.45, 7) is 2.87. The first-order chi connectivity index (χ1) is 16.6. The third-order valence-electron chi connectivity index (χ3n) is 6.22. The number of carbonyl (C=O) groups is 1. The number of likely N-dealkylation sites (tertiary alicyclic amines) is 1. The van der Waals surface area contributed by atoms with Crippen molar-refractivity contribution >= 4 is 22.8 Å². The average Bonchev–Trinajstić information content (AvgIpc) is 3.38. The van der Waals surface area contributed by atoms with Gasteiger partial charge in [-0.3, -0.25) is 0 Å². The smallest absolute Gasteiger partial charge is 0.427 e. The number of aromatic hydroxyl groups is 1. The molecule has 2 aromatic carbocycles. The number of para-hydroxylation sites is 1. The van der Waals surface area contributed by atoms with Crippen molar-refractivity contribution in [3.05, 3.63) is 76.1 Å². The van der Waals surface area contributed by atoms with Crippen molar-refractivity contribution in [2.45, 2.75) is 31.6 Å². The van der Waals surface area contributed by atoms with Crippen LogP contribution >= 0.6 is 0 Å². The lowest BCUT2D eigenvalue weighted by molar-refractivity contribution is 0.171. The number of nitrogens with zero attached hydrogens (tertiary/aromatic N) is 2. The van der Waals surface area contributed by atoms with Gasteiger partial charge in [0.25, 0.3) is 0 Å². The zero-order valence-electron chi connectivity index (χ0n) is 19.2. The summed E-state index contributed by atoms with van der Waals surface area (Å²) in [7, 11) is 1.28. The van der Waals surface area contributed by atoms with Crippen molar-refractivity contribution < 1.29 is 19.1 Å². The molecule has 2 heterocycles. The number of hydrazone groups is 1. The van der Waals surface area contributed by atoms with Crippen LogP contribution in [0.2, 0.25) is 0 Å². The monoisotopic (exact) mass is 463 g/mol. The zero-order chi connectivity index (χ0) is 23.9. The fourth-order valence-electron chi connectivity index (χ4n) is 4.43. The fraction of sp³-hybridized carbons (Fsp3) is 0.346. The van der Waals surface area contributed by atoms with Gasteiger partial charge in [-0.25, -0.2) is 15.0 Å². The normalized spacial score (nSPS) is 15.4. The van der Waals surface area contributed by atoms with E-state index in [1.54, 1.807) is 24.3 Å². The number of carbonyl (C=O) groups excluding carboxylic acids is 1. The number of amides is 1. The van der Waals surface area contributed by atoms with Crippen molar-refractivity contribution in [3.8, 4) is 5.75 Å². The molecule has 0 aliphatic carbocycles. The number of ether oxygens (including phenoxy) is 1. The summed E-state index contributed by atoms with van der Waals surface area (Å²) in [5.41, 5.74) is 3.87. The molecule has 178 valence electrons. The van der Waals surface area contributed by atoms with Crippen LogP contribution in [0.15, 0.2) is 68.9 Å². The molecular weight excluding hydrogens is 434 g/mol. The maximum Gasteiger partial charge on any atom is 0.427 e. The minimum absolute atomic E-state index is 0.0967. The number of rotatable bonds is 8. The number of hydrogen-bond donors (Lipinski definition) is 2. The Bertz CT molecular complexity index is 1220. The van der Waals surface area contributed by atoms with Crippen LogP contribution in [0.4, 0.5) is 4.79 Å². The molecule has 0 unspecified atom stereocenters. The van der Waals surface area contributed by atoms with Crippen LogP contribution in [0.3, 0.4) is 0 Å². The largest absolute Gasteiger partial charge is 0.507 e. The van der Waals surface area contributed by atoms with E-state index in [2.05, 4.69) is 20.2 Å². The molecule has 1 atom stereocenters. The van der Waals surface area contributed by atoms with E-state index in [-0.39, 0.29) is 11.3 Å². The van der Waals surface area contributed by atoms with Crippen molar-refractivity contribution in [1.29, 1.82) is 0 Å². The Labute approximate surface area is 197 Å². The predicted molar refractivity (Wildman–Crippen MR) is 130 cm³/mol. The van der Waals surface area contributed by atoms with E-state index >= 15 is 0 Å². The van der Waals surface area contributed by atoms with Gasteiger partial charge in [0, 0.05) is 24.6 Å². The molecule has 1 amide bonds. The fourth-order valence-corrected chi connectivity index (χ4v) is 4.43. The molecule has 8 heteroatoms. The Morgan fingerprint density at radius 2 is 1.85 bits per heavy atom. The maximum atomic E-state index is 13.1. The second kappa shape index (κ2) is 11.0. The van der Waals surface area contributed by atoms with Crippen LogP contribution in [-0.2, 0) is 4.74 Å². The van der Waals surface area contributed by atoms with Gasteiger partial charge in [0.05, 0.1) is 18.1 Å². The van der Waals surface area contributed by atoms with E-state index in [0.29, 0.717) is 29.5 Å². The van der Waals surface area contributed by atoms with Crippen LogP contribution in [0.25, 0.3) is 11.0 Å². The lowest BCUT2D eigenvalue weighted by atomic mass is 9.86. The van der Waals surface area contributed by atoms with Crippen LogP contribution < -0.4 is 11.1 Å². The van der Waals surface area contributed by atoms with Gasteiger partial charge in [0.1, 0.15) is 11.3 Å². The van der Waals surface area contributed by atoms with E-state index in [1.807, 2.05) is 30.3 Å². The third-order valence-corrected chi connectivity index (χ3v) is 6.22. The highest BCUT2D eigenvalue weighted by Crippen LogP contribution is 2.36. The molecule has 8 nitrogen and oxygen atoms in total. The van der Waals surface area contributed by atoms with Gasteiger partial charge in [0.2, 0.25) is 0 Å². The minimum Gasteiger partial charge on any atom is -0.507 e. The molecule has 0 radical (unpaired) electrons. The summed E-state index contributed by atoms with van der Waals surface area (Å²) < 4.78 is 10.2. The Morgan fingerprint density at radius 3 is 2.59 bits per heavy atom. The summed E-state index contributed by atoms with van der Waals surface area (Å²) in [4.78, 5) is 27.1. The first-order valence-electron chi connectivity index (χ1n) is 11.5. The van der Waals surface area contributed by atoms with Gasteiger partial charge in [-0.1, -0.05) is 42.5 Å². The number of hydrogen-bond acceptors (Lipinski definition) is 7. The summed E-state index contributed by atoms with van der Waals surface area (Å²) in [6.07, 6.45) is 2.60. The SMILES string of the molecule is COC(=O)N/N=C(\CCN1CCCC1)C[C@H](c1ccccc1)c1c(O)c2ccccc2oc1=O. The third kappa shape index (κ3) is 5.46. The Kier molecular flexibility index (Phi) is 7.59. The van der Waals surface area contributed by atoms with Crippen molar-refractivity contribution in [3.63, 3.8) is 0 Å². The summed E-state index contributed by atoms with van der Waals surface area (Å²) in [5, 5.41) is 15.9. The van der Waals surface area contributed by atoms with Gasteiger partial charge in [-0.2, -0.15) is 5.10 Å². The molecule has 1 aliphatic heterocycles. The molecule has 1 fully saturated rings. The predicted octanol–water partition coefficient (Wildman–Crippen LogP) is 4.22. The van der Waals surface area contributed by atoms with Gasteiger partial charge < -0.3 is 19.2 Å². The number of nitrogens with one attached hydrogen (secondary N) is 1. The van der Waals surface area contributed by atoms with Gasteiger partial charge in [-0.15, -0.1) is 0 Å². The van der Waals surface area contributed by atoms with E-state index in [9.17, 15) is 14.7 Å². The van der Waals surface area contributed by atoms with Crippen LogP contribution in [-0.4, -0.2) is 48.6 Å². The van der Waals surface area contributed by atoms with E-state index in [0.717, 1.165) is 25.2 Å². The zero-order valence-corrected chi connectivity index (χ0v) is 19.2. The summed E-state index contributed by atoms with van der Waals surface area (Å²) in [6, 6.07) is 16.4. The number of benzene rings is 2. The molecule has 2 N–H and O–H groups in total. The van der Waals surface area contributed by atoms with Gasteiger partial charge >= 0.3 is 11.7 Å². The topological polar surface area (TPSA) is 104 Å². The highest BCUT2D eigenvalue weighted by Gasteiger charge is 2.27. The molecular formula is C26H29N3O5. The van der Waals surface area contributed by atoms with Crippen LogP contribution in [0, 0.1) is 0 Å². The van der Waals surface area contributed by atoms with Gasteiger partial charge in [-0.05, 0) is 50.0 Å². The van der Waals surface area contributed by atoms with E-state index < -0.39 is 17.6 Å². The molecule has 1 saturated heterocycles. The van der Waals surface area contributed by atoms with Crippen molar-refractivity contribution in [2.75, 3.05) is 26.7 Å². The molecule has 34 heavy (non-hydrogen) atoms. The second-order valence-electron chi connectivity index (χ2n) is 8.40. The number of fused-ring (bicyclic) bond motifs is 1. The quantitative estimate of drug-likeness (QED) is 0.294. The molecule has 4 rings (SSSR count). The van der Waals surface area contributed by atoms with Crippen molar-refractivity contribution in [1.82, 2.24) is 10.3 Å². The van der Waals surface area contributed by atoms with Crippen molar-refractivity contribution in [2.24, 2.45) is 5.10 Å². The minimum atomic E-state index is -0.664. The summed E-state index contributed by atoms with van der Waals surface area (Å²) in [5.74, 6) is -0.612. The lowest BCUT2D eigenvalue weighted by Crippen LogP contribution is -2.26. The molecule has 0 spiro atoms. The molecule has 0 bridgehead atoms. The Hall–Kier alpha value is -3.65. The number of methoxy groups -OCH3 is 1. The lowest BCUT2D eigenvalue weighted by Gasteiger charge is -2.21. The Morgan fingerprint density at radius 1 is 1.15 bits per heavy atom. The highest BCUT2D eigenvalue weighted by molar-refractivity contribution is 5.88. The van der Waals surface area contributed by atoms with E-state index in [1.165, 1.54) is 20.0 Å². The van der Waals surface area contributed by atoms with Gasteiger partial charge in [0.15, 0.2) is 0 Å². The van der Waals surface area contributed by atoms with Crippen LogP contribution in [0.5, 0.6) is 5.75 Å². The second-order valence-corrected chi connectivity index (χ2v) is 8.40. The summed E-state index contributed by atoms with van der Waals surface area (Å²) >= 11 is 0. The first kappa shape index (κ1) is 23.5. The van der Waals surface area contributed by atoms with E-state index in [4.69, 9.17) is 4.42 Å². The highest BCUT2D eigenvalue weighted by atomic mass is 16.5. The maximum absolute atomic E-state index is 13.1. The molecule has 1 aliphatic rings. The molecule has 3 aromatic rings. The molecule has 0 saturated carbocycles.